The van der Waals surface area contributed by atoms with Gasteiger partial charge in [-0.3, -0.25) is 0 Å². The molecule has 11 aromatic rings. The zero-order chi connectivity index (χ0) is 33.5. The summed E-state index contributed by atoms with van der Waals surface area (Å²) in [6.07, 6.45) is 0. The second-order valence-corrected chi connectivity index (χ2v) is 14.0. The lowest BCUT2D eigenvalue weighted by Crippen LogP contribution is -1.95. The smallest absolute Gasteiger partial charge is 0.160 e. The second kappa shape index (κ2) is 11.0. The minimum Gasteiger partial charge on any atom is -0.456 e. The van der Waals surface area contributed by atoms with Crippen LogP contribution in [0.2, 0.25) is 0 Å². The largest absolute Gasteiger partial charge is 0.456 e. The van der Waals surface area contributed by atoms with E-state index >= 15 is 0 Å². The van der Waals surface area contributed by atoms with Crippen LogP contribution in [0, 0.1) is 0 Å². The van der Waals surface area contributed by atoms with Gasteiger partial charge in [0.1, 0.15) is 11.2 Å². The van der Waals surface area contributed by atoms with E-state index in [4.69, 9.17) is 14.4 Å². The van der Waals surface area contributed by atoms with E-state index < -0.39 is 0 Å². The molecule has 0 aliphatic heterocycles. The average Bonchev–Trinajstić information content (AvgIpc) is 3.87. The highest BCUT2D eigenvalue weighted by atomic mass is 32.1. The minimum atomic E-state index is 0.663. The SMILES string of the molecule is c1ccc(-c2cc(-c3ccccc3)nc(-c3ccc4c(c3)oc3ccc(-n5c6ccccc6c6ccc7c8ccccc8sc7c65)cc34)n2)cc1. The Hall–Kier alpha value is -6.56. The van der Waals surface area contributed by atoms with E-state index in [2.05, 4.69) is 132 Å². The van der Waals surface area contributed by atoms with Crippen molar-refractivity contribution in [2.45, 2.75) is 0 Å². The molecule has 4 nitrogen and oxygen atoms in total. The Kier molecular flexibility index (Phi) is 6.09. The Balaban J connectivity index is 1.10. The number of para-hydroxylation sites is 1. The van der Waals surface area contributed by atoms with E-state index in [1.165, 1.54) is 42.0 Å². The Morgan fingerprint density at radius 1 is 0.451 bits per heavy atom. The van der Waals surface area contributed by atoms with Crippen molar-refractivity contribution in [2.24, 2.45) is 0 Å². The van der Waals surface area contributed by atoms with Crippen molar-refractivity contribution in [1.82, 2.24) is 14.5 Å². The van der Waals surface area contributed by atoms with E-state index in [9.17, 15) is 0 Å². The van der Waals surface area contributed by atoms with Crippen LogP contribution in [0.1, 0.15) is 0 Å². The van der Waals surface area contributed by atoms with Crippen LogP contribution in [-0.4, -0.2) is 14.5 Å². The van der Waals surface area contributed by atoms with Crippen LogP contribution in [0.15, 0.2) is 168 Å². The summed E-state index contributed by atoms with van der Waals surface area (Å²) in [7, 11) is 0. The van der Waals surface area contributed by atoms with Crippen LogP contribution in [-0.2, 0) is 0 Å². The molecule has 0 aliphatic carbocycles. The third-order valence-corrected chi connectivity index (χ3v) is 11.2. The standard InChI is InChI=1S/C46H27N3OS/c1-3-11-28(12-4-1)38-27-39(29-13-5-2-6-14-29)48-46(47-38)30-19-21-33-37-26-31(20-24-41(37)50-42(33)25-30)49-40-17-9-7-15-32(40)35-22-23-36-34-16-8-10-18-43(34)51-45(36)44(35)49/h1-27H. The fraction of sp³-hybridized carbons (Fsp3) is 0. The van der Waals surface area contributed by atoms with Gasteiger partial charge in [-0.15, -0.1) is 11.3 Å². The molecule has 0 bridgehead atoms. The Labute approximate surface area is 296 Å². The van der Waals surface area contributed by atoms with Crippen molar-refractivity contribution in [2.75, 3.05) is 0 Å². The van der Waals surface area contributed by atoms with Gasteiger partial charge >= 0.3 is 0 Å². The van der Waals surface area contributed by atoms with Gasteiger partial charge in [0.2, 0.25) is 0 Å². The number of hydrogen-bond acceptors (Lipinski definition) is 4. The topological polar surface area (TPSA) is 43.9 Å². The maximum Gasteiger partial charge on any atom is 0.160 e. The summed E-state index contributed by atoms with van der Waals surface area (Å²) in [5, 5.41) is 7.25. The molecule has 4 heterocycles. The molecule has 0 radical (unpaired) electrons. The van der Waals surface area contributed by atoms with Crippen LogP contribution in [0.5, 0.6) is 0 Å². The molecule has 11 rings (SSSR count). The first-order valence-corrected chi connectivity index (χ1v) is 17.9. The summed E-state index contributed by atoms with van der Waals surface area (Å²) in [6, 6.07) is 57.6. The van der Waals surface area contributed by atoms with Crippen LogP contribution >= 0.6 is 11.3 Å². The molecule has 238 valence electrons. The van der Waals surface area contributed by atoms with Crippen molar-refractivity contribution in [3.8, 4) is 39.6 Å². The molecule has 0 atom stereocenters. The lowest BCUT2D eigenvalue weighted by molar-refractivity contribution is 0.669. The summed E-state index contributed by atoms with van der Waals surface area (Å²) >= 11 is 1.87. The Morgan fingerprint density at radius 2 is 1.12 bits per heavy atom. The van der Waals surface area contributed by atoms with Crippen molar-refractivity contribution in [3.05, 3.63) is 164 Å². The molecule has 0 saturated carbocycles. The molecule has 4 aromatic heterocycles. The molecule has 0 saturated heterocycles. The minimum absolute atomic E-state index is 0.663. The number of rotatable bonds is 4. The van der Waals surface area contributed by atoms with Gasteiger partial charge < -0.3 is 8.98 Å². The van der Waals surface area contributed by atoms with Gasteiger partial charge in [-0.2, -0.15) is 0 Å². The third-order valence-electron chi connectivity index (χ3n) is 10.0. The van der Waals surface area contributed by atoms with E-state index in [0.717, 1.165) is 55.7 Å². The number of thiophene rings is 1. The molecule has 0 aliphatic rings. The summed E-state index contributed by atoms with van der Waals surface area (Å²) in [6.45, 7) is 0. The molecule has 0 N–H and O–H groups in total. The predicted octanol–water partition coefficient (Wildman–Crippen LogP) is 12.8. The van der Waals surface area contributed by atoms with Crippen LogP contribution < -0.4 is 0 Å². The maximum absolute atomic E-state index is 6.54. The van der Waals surface area contributed by atoms with Crippen molar-refractivity contribution < 1.29 is 4.42 Å². The van der Waals surface area contributed by atoms with Gasteiger partial charge in [0.05, 0.1) is 27.1 Å². The van der Waals surface area contributed by atoms with Gasteiger partial charge in [-0.1, -0.05) is 115 Å². The molecule has 5 heteroatoms. The first-order valence-electron chi connectivity index (χ1n) is 17.1. The summed E-state index contributed by atoms with van der Waals surface area (Å²) in [4.78, 5) is 10.1. The van der Waals surface area contributed by atoms with E-state index in [-0.39, 0.29) is 0 Å². The first-order chi connectivity index (χ1) is 25.3. The maximum atomic E-state index is 6.54. The zero-order valence-corrected chi connectivity index (χ0v) is 28.1. The predicted molar refractivity (Wildman–Crippen MR) is 213 cm³/mol. The molecule has 51 heavy (non-hydrogen) atoms. The Bertz CT molecular complexity index is 3080. The number of nitrogens with zero attached hydrogens (tertiary/aromatic N) is 3. The first kappa shape index (κ1) is 28.3. The fourth-order valence-electron chi connectivity index (χ4n) is 7.63. The number of aromatic nitrogens is 3. The van der Waals surface area contributed by atoms with Crippen molar-refractivity contribution in [1.29, 1.82) is 0 Å². The van der Waals surface area contributed by atoms with Gasteiger partial charge in [0.15, 0.2) is 5.82 Å². The summed E-state index contributed by atoms with van der Waals surface area (Å²) in [5.41, 5.74) is 9.97. The number of hydrogen-bond donors (Lipinski definition) is 0. The summed E-state index contributed by atoms with van der Waals surface area (Å²) < 4.78 is 11.6. The molecular weight excluding hydrogens is 643 g/mol. The summed E-state index contributed by atoms with van der Waals surface area (Å²) in [5.74, 6) is 0.663. The quantitative estimate of drug-likeness (QED) is 0.187. The number of furan rings is 1. The van der Waals surface area contributed by atoms with Gasteiger partial charge in [0, 0.05) is 59.4 Å². The van der Waals surface area contributed by atoms with Gasteiger partial charge in [0.25, 0.3) is 0 Å². The van der Waals surface area contributed by atoms with Crippen LogP contribution in [0.3, 0.4) is 0 Å². The second-order valence-electron chi connectivity index (χ2n) is 13.0. The van der Waals surface area contributed by atoms with Gasteiger partial charge in [-0.05, 0) is 48.5 Å². The highest BCUT2D eigenvalue weighted by molar-refractivity contribution is 7.26. The highest BCUT2D eigenvalue weighted by Crippen LogP contribution is 2.43. The normalized spacial score (nSPS) is 11.9. The van der Waals surface area contributed by atoms with Crippen LogP contribution in [0.25, 0.3) is 104 Å². The van der Waals surface area contributed by atoms with Crippen molar-refractivity contribution >= 4 is 75.3 Å². The lowest BCUT2D eigenvalue weighted by atomic mass is 10.1. The molecule has 0 unspecified atom stereocenters. The third kappa shape index (κ3) is 4.38. The molecule has 0 fully saturated rings. The van der Waals surface area contributed by atoms with Crippen molar-refractivity contribution in [3.63, 3.8) is 0 Å². The highest BCUT2D eigenvalue weighted by Gasteiger charge is 2.19. The van der Waals surface area contributed by atoms with E-state index in [1.54, 1.807) is 0 Å². The Morgan fingerprint density at radius 3 is 1.90 bits per heavy atom. The van der Waals surface area contributed by atoms with Gasteiger partial charge in [-0.25, -0.2) is 9.97 Å². The number of benzene rings is 7. The van der Waals surface area contributed by atoms with E-state index in [1.807, 2.05) is 47.7 Å². The number of fused-ring (bicyclic) bond motifs is 10. The van der Waals surface area contributed by atoms with E-state index in [0.29, 0.717) is 5.82 Å². The molecule has 0 amide bonds. The average molecular weight is 670 g/mol. The molecular formula is C46H27N3OS. The lowest BCUT2D eigenvalue weighted by Gasteiger charge is -2.09. The van der Waals surface area contributed by atoms with Crippen LogP contribution in [0.4, 0.5) is 0 Å². The molecule has 0 spiro atoms. The fourth-order valence-corrected chi connectivity index (χ4v) is 8.87. The monoisotopic (exact) mass is 669 g/mol. The zero-order valence-electron chi connectivity index (χ0n) is 27.2. The molecule has 7 aromatic carbocycles.